The van der Waals surface area contributed by atoms with Gasteiger partial charge in [-0.25, -0.2) is 0 Å². The average molecular weight is 637 g/mol. The molecule has 5 rings (SSSR count). The Labute approximate surface area is 292 Å². The van der Waals surface area contributed by atoms with Crippen LogP contribution in [0.2, 0.25) is 0 Å². The van der Waals surface area contributed by atoms with Gasteiger partial charge in [0.1, 0.15) is 0 Å². The van der Waals surface area contributed by atoms with Gasteiger partial charge in [0.15, 0.2) is 0 Å². The number of hydrogen-bond acceptors (Lipinski definition) is 1. The van der Waals surface area contributed by atoms with Gasteiger partial charge in [-0.1, -0.05) is 142 Å². The van der Waals surface area contributed by atoms with Crippen LogP contribution in [-0.2, 0) is 0 Å². The van der Waals surface area contributed by atoms with Crippen LogP contribution in [0, 0.1) is 19.3 Å². The van der Waals surface area contributed by atoms with Crippen LogP contribution in [0.25, 0.3) is 56.9 Å². The summed E-state index contributed by atoms with van der Waals surface area (Å²) in [5.74, 6) is 0. The number of para-hydroxylation sites is 1. The zero-order valence-electron chi connectivity index (χ0n) is 28.8. The van der Waals surface area contributed by atoms with Gasteiger partial charge in [0.25, 0.3) is 0 Å². The van der Waals surface area contributed by atoms with Crippen molar-refractivity contribution in [1.82, 2.24) is 4.57 Å². The minimum Gasteiger partial charge on any atom is -0.309 e. The summed E-state index contributed by atoms with van der Waals surface area (Å²) in [6.45, 7) is 22.9. The lowest BCUT2D eigenvalue weighted by molar-refractivity contribution is 1.06. The second kappa shape index (κ2) is 15.7. The lowest BCUT2D eigenvalue weighted by atomic mass is 9.94. The van der Waals surface area contributed by atoms with E-state index in [2.05, 4.69) is 161 Å². The molecule has 1 N–H and O–H groups in total. The quantitative estimate of drug-likeness (QED) is 0.0984. The molecule has 0 aliphatic rings. The van der Waals surface area contributed by atoms with Crippen molar-refractivity contribution in [2.24, 2.45) is 0 Å². The first-order valence-electron chi connectivity index (χ1n) is 16.6. The molecule has 1 heterocycles. The van der Waals surface area contributed by atoms with Crippen LogP contribution in [0.5, 0.6) is 0 Å². The van der Waals surface area contributed by atoms with Gasteiger partial charge in [-0.2, -0.15) is 0 Å². The van der Waals surface area contributed by atoms with Crippen molar-refractivity contribution >= 4 is 35.1 Å². The summed E-state index contributed by atoms with van der Waals surface area (Å²) in [5.41, 5.74) is 16.6. The number of benzene rings is 4. The molecule has 0 amide bonds. The van der Waals surface area contributed by atoms with E-state index in [4.69, 9.17) is 5.41 Å². The van der Waals surface area contributed by atoms with Crippen LogP contribution in [0.1, 0.15) is 52.4 Å². The zero-order chi connectivity index (χ0) is 34.9. The molecule has 1 aromatic heterocycles. The van der Waals surface area contributed by atoms with Gasteiger partial charge in [-0.15, -0.1) is 0 Å². The number of rotatable bonds is 13. The molecule has 4 aromatic carbocycles. The number of nitrogens with zero attached hydrogens (tertiary/aromatic N) is 1. The first kappa shape index (κ1) is 34.3. The molecule has 0 aliphatic carbocycles. The third-order valence-electron chi connectivity index (χ3n) is 9.05. The van der Waals surface area contributed by atoms with E-state index in [9.17, 15) is 0 Å². The first-order valence-corrected chi connectivity index (χ1v) is 16.6. The smallest absolute Gasteiger partial charge is 0.0572 e. The van der Waals surface area contributed by atoms with Crippen molar-refractivity contribution < 1.29 is 0 Å². The highest BCUT2D eigenvalue weighted by Gasteiger charge is 2.21. The van der Waals surface area contributed by atoms with Gasteiger partial charge < -0.3 is 9.98 Å². The zero-order valence-corrected chi connectivity index (χ0v) is 28.8. The molecule has 0 aliphatic heterocycles. The first-order chi connectivity index (χ1) is 23.9. The third-order valence-corrected chi connectivity index (χ3v) is 9.05. The molecule has 0 radical (unpaired) electrons. The lowest BCUT2D eigenvalue weighted by Gasteiger charge is -2.17. The molecular formula is C47H44N2. The Morgan fingerprint density at radius 1 is 0.673 bits per heavy atom. The number of nitrogens with one attached hydrogen (secondary N) is 1. The monoisotopic (exact) mass is 636 g/mol. The Hall–Kier alpha value is -5.99. The highest BCUT2D eigenvalue weighted by molar-refractivity contribution is 5.91. The standard InChI is InChI=1S/C47H44N2/c1-8-16-35(9-2)39-19-23-41(24-20-39)37(11-4)32-46-33(6)34(7)47(49(46)44-17-14-13-15-18-44)45-28-27-43(31-38(45)12-5)42-25-21-40(22-26-42)36(10-3)29-30-48/h9-32,48H,2-5,8H2,1,6-7H3/b35-16+,36-29+,37-32+,48-30?. The van der Waals surface area contributed by atoms with Crippen molar-refractivity contribution in [3.63, 3.8) is 0 Å². The van der Waals surface area contributed by atoms with Gasteiger partial charge in [-0.3, -0.25) is 0 Å². The molecule has 5 aromatic rings. The Kier molecular flexibility index (Phi) is 11.0. The molecule has 0 spiro atoms. The number of allylic oxidation sites excluding steroid dienone is 8. The van der Waals surface area contributed by atoms with E-state index in [0.717, 1.165) is 79.2 Å². The largest absolute Gasteiger partial charge is 0.309 e. The third kappa shape index (κ3) is 7.15. The fourth-order valence-corrected chi connectivity index (χ4v) is 6.32. The highest BCUT2D eigenvalue weighted by atomic mass is 15.0. The summed E-state index contributed by atoms with van der Waals surface area (Å²) in [5, 5.41) is 7.45. The predicted molar refractivity (Wildman–Crippen MR) is 216 cm³/mol. The topological polar surface area (TPSA) is 28.8 Å². The Bertz CT molecular complexity index is 2110. The van der Waals surface area contributed by atoms with E-state index >= 15 is 0 Å². The summed E-state index contributed by atoms with van der Waals surface area (Å²) >= 11 is 0. The second-order valence-electron chi connectivity index (χ2n) is 11.9. The molecule has 2 nitrogen and oxygen atoms in total. The van der Waals surface area contributed by atoms with Crippen LogP contribution in [0.4, 0.5) is 0 Å². The van der Waals surface area contributed by atoms with E-state index < -0.39 is 0 Å². The van der Waals surface area contributed by atoms with Crippen LogP contribution < -0.4 is 0 Å². The minimum atomic E-state index is 0.920. The molecule has 0 bridgehead atoms. The molecule has 0 saturated carbocycles. The Morgan fingerprint density at radius 2 is 1.24 bits per heavy atom. The number of aromatic nitrogens is 1. The SMILES string of the molecule is C=C/C(=C\CC)c1ccc(/C(C=C)=C/c2c(C)c(C)c(-c3ccc(-c4ccc(/C(C=C)=C/C=N)cc4)cc3C=C)n2-c2ccccc2)cc1. The van der Waals surface area contributed by atoms with Crippen molar-refractivity contribution in [3.05, 3.63) is 193 Å². The van der Waals surface area contributed by atoms with Gasteiger partial charge in [-0.05, 0) is 112 Å². The Balaban J connectivity index is 1.65. The average Bonchev–Trinajstić information content (AvgIpc) is 3.40. The fourth-order valence-electron chi connectivity index (χ4n) is 6.32. The molecule has 0 saturated heterocycles. The lowest BCUT2D eigenvalue weighted by Crippen LogP contribution is -2.01. The highest BCUT2D eigenvalue weighted by Crippen LogP contribution is 2.39. The molecule has 0 fully saturated rings. The molecular weight excluding hydrogens is 593 g/mol. The fraction of sp³-hybridized carbons (Fsp3) is 0.0851. The summed E-state index contributed by atoms with van der Waals surface area (Å²) in [7, 11) is 0. The van der Waals surface area contributed by atoms with E-state index in [1.165, 1.54) is 17.3 Å². The maximum Gasteiger partial charge on any atom is 0.0572 e. The van der Waals surface area contributed by atoms with Crippen molar-refractivity contribution in [2.75, 3.05) is 0 Å². The molecule has 0 unspecified atom stereocenters. The van der Waals surface area contributed by atoms with Crippen LogP contribution >= 0.6 is 0 Å². The van der Waals surface area contributed by atoms with Gasteiger partial charge in [0, 0.05) is 17.5 Å². The van der Waals surface area contributed by atoms with Crippen LogP contribution in [-0.4, -0.2) is 10.8 Å². The Morgan fingerprint density at radius 3 is 1.82 bits per heavy atom. The van der Waals surface area contributed by atoms with Gasteiger partial charge in [0.05, 0.1) is 11.4 Å². The van der Waals surface area contributed by atoms with E-state index in [1.54, 1.807) is 12.2 Å². The summed E-state index contributed by atoms with van der Waals surface area (Å²) in [6.07, 6.45) is 16.0. The minimum absolute atomic E-state index is 0.920. The molecule has 49 heavy (non-hydrogen) atoms. The predicted octanol–water partition coefficient (Wildman–Crippen LogP) is 13.0. The number of hydrogen-bond donors (Lipinski definition) is 1. The van der Waals surface area contributed by atoms with E-state index in [-0.39, 0.29) is 0 Å². The molecule has 2 heteroatoms. The van der Waals surface area contributed by atoms with Gasteiger partial charge >= 0.3 is 0 Å². The summed E-state index contributed by atoms with van der Waals surface area (Å²) in [6, 6.07) is 34.2. The van der Waals surface area contributed by atoms with Crippen LogP contribution in [0.15, 0.2) is 154 Å². The molecule has 242 valence electrons. The van der Waals surface area contributed by atoms with Crippen molar-refractivity contribution in [1.29, 1.82) is 5.41 Å². The summed E-state index contributed by atoms with van der Waals surface area (Å²) in [4.78, 5) is 0. The molecule has 0 atom stereocenters. The van der Waals surface area contributed by atoms with E-state index in [1.807, 2.05) is 18.2 Å². The van der Waals surface area contributed by atoms with Crippen molar-refractivity contribution in [3.8, 4) is 28.1 Å². The van der Waals surface area contributed by atoms with Crippen molar-refractivity contribution in [2.45, 2.75) is 27.2 Å². The maximum atomic E-state index is 7.45. The van der Waals surface area contributed by atoms with E-state index in [0.29, 0.717) is 0 Å². The van der Waals surface area contributed by atoms with Crippen LogP contribution in [0.3, 0.4) is 0 Å². The second-order valence-corrected chi connectivity index (χ2v) is 11.9. The maximum absolute atomic E-state index is 7.45. The summed E-state index contributed by atoms with van der Waals surface area (Å²) < 4.78 is 2.37. The normalized spacial score (nSPS) is 12.0. The van der Waals surface area contributed by atoms with Gasteiger partial charge in [0.2, 0.25) is 0 Å².